The van der Waals surface area contributed by atoms with Crippen molar-refractivity contribution in [1.29, 1.82) is 0 Å². The van der Waals surface area contributed by atoms with Crippen molar-refractivity contribution in [3.8, 4) is 22.5 Å². The van der Waals surface area contributed by atoms with Gasteiger partial charge in [-0.25, -0.2) is 9.37 Å². The second-order valence-electron chi connectivity index (χ2n) is 7.70. The zero-order valence-corrected chi connectivity index (χ0v) is 19.1. The predicted octanol–water partition coefficient (Wildman–Crippen LogP) is 7.89. The third-order valence-corrected chi connectivity index (χ3v) is 6.87. The second kappa shape index (κ2) is 8.93. The van der Waals surface area contributed by atoms with Crippen molar-refractivity contribution in [3.05, 3.63) is 95.5 Å². The lowest BCUT2D eigenvalue weighted by atomic mass is 10.1. The molecular weight excluding hydrogens is 441 g/mol. The molecule has 1 saturated carbocycles. The quantitative estimate of drug-likeness (QED) is 0.273. The fraction of sp³-hybridized carbons (Fsp3) is 0.154. The summed E-state index contributed by atoms with van der Waals surface area (Å²) >= 11 is 7.74. The highest BCUT2D eigenvalue weighted by molar-refractivity contribution is 8.08. The molecular formula is C26H21ClFN3S. The summed E-state index contributed by atoms with van der Waals surface area (Å²) in [7, 11) is 0. The van der Waals surface area contributed by atoms with Crippen LogP contribution in [0.15, 0.2) is 84.3 Å². The predicted molar refractivity (Wildman–Crippen MR) is 130 cm³/mol. The summed E-state index contributed by atoms with van der Waals surface area (Å²) in [5, 5.41) is 1.65. The van der Waals surface area contributed by atoms with Gasteiger partial charge in [0.05, 0.1) is 11.4 Å². The number of imidazole rings is 1. The van der Waals surface area contributed by atoms with Gasteiger partial charge in [-0.2, -0.15) is 0 Å². The summed E-state index contributed by atoms with van der Waals surface area (Å²) in [4.78, 5) is 10.4. The lowest BCUT2D eigenvalue weighted by molar-refractivity contribution is 0.628. The molecule has 0 N–H and O–H groups in total. The third-order valence-electron chi connectivity index (χ3n) is 5.45. The van der Waals surface area contributed by atoms with Crippen LogP contribution in [-0.2, 0) is 0 Å². The van der Waals surface area contributed by atoms with Gasteiger partial charge in [0, 0.05) is 39.5 Å². The Labute approximate surface area is 196 Å². The summed E-state index contributed by atoms with van der Waals surface area (Å²) in [6, 6.07) is 18.8. The maximum atomic E-state index is 13.6. The number of hydrogen-bond donors (Lipinski definition) is 0. The van der Waals surface area contributed by atoms with Crippen LogP contribution in [0.2, 0.25) is 5.02 Å². The average Bonchev–Trinajstić information content (AvgIpc) is 3.59. The summed E-state index contributed by atoms with van der Waals surface area (Å²) < 4.78 is 16.0. The minimum absolute atomic E-state index is 0.255. The topological polar surface area (TPSA) is 30.7 Å². The Balaban J connectivity index is 1.66. The first-order chi connectivity index (χ1) is 15.6. The SMILES string of the molecule is C/C=C(/Sc1nc(-c2ccc(F)cc2)c(-c2ccncc2)n1C1CC1)c1ccc(Cl)cc1. The number of halogens is 2. The summed E-state index contributed by atoms with van der Waals surface area (Å²) in [5.41, 5.74) is 4.96. The van der Waals surface area contributed by atoms with Crippen LogP contribution in [0.25, 0.3) is 27.4 Å². The molecule has 5 rings (SSSR count). The first-order valence-corrected chi connectivity index (χ1v) is 11.7. The number of rotatable bonds is 6. The van der Waals surface area contributed by atoms with Gasteiger partial charge < -0.3 is 4.57 Å². The molecule has 0 spiro atoms. The highest BCUT2D eigenvalue weighted by atomic mass is 35.5. The van der Waals surface area contributed by atoms with Gasteiger partial charge in [0.25, 0.3) is 0 Å². The highest BCUT2D eigenvalue weighted by Gasteiger charge is 2.32. The molecule has 2 heterocycles. The van der Waals surface area contributed by atoms with Gasteiger partial charge in [-0.3, -0.25) is 4.98 Å². The van der Waals surface area contributed by atoms with Gasteiger partial charge in [-0.15, -0.1) is 0 Å². The van der Waals surface area contributed by atoms with Crippen LogP contribution in [0.5, 0.6) is 0 Å². The number of pyridine rings is 1. The van der Waals surface area contributed by atoms with E-state index in [1.54, 1.807) is 36.3 Å². The smallest absolute Gasteiger partial charge is 0.174 e. The third kappa shape index (κ3) is 4.23. The van der Waals surface area contributed by atoms with Crippen LogP contribution >= 0.6 is 23.4 Å². The average molecular weight is 462 g/mol. The van der Waals surface area contributed by atoms with Crippen LogP contribution in [0.1, 0.15) is 31.4 Å². The minimum Gasteiger partial charge on any atom is -0.315 e. The van der Waals surface area contributed by atoms with Crippen LogP contribution in [0.4, 0.5) is 4.39 Å². The molecule has 3 nitrogen and oxygen atoms in total. The van der Waals surface area contributed by atoms with Gasteiger partial charge in [-0.1, -0.05) is 41.6 Å². The van der Waals surface area contributed by atoms with Crippen LogP contribution in [0, 0.1) is 5.82 Å². The van der Waals surface area contributed by atoms with Gasteiger partial charge in [0.1, 0.15) is 5.82 Å². The van der Waals surface area contributed by atoms with Gasteiger partial charge in [0.2, 0.25) is 0 Å². The Morgan fingerprint density at radius 1 is 1.00 bits per heavy atom. The summed E-state index contributed by atoms with van der Waals surface area (Å²) in [6.07, 6.45) is 7.94. The van der Waals surface area contributed by atoms with Crippen molar-refractivity contribution >= 4 is 28.3 Å². The Kier molecular flexibility index (Phi) is 5.85. The van der Waals surface area contributed by atoms with E-state index in [0.717, 1.165) is 51.0 Å². The number of thioether (sulfide) groups is 1. The summed E-state index contributed by atoms with van der Waals surface area (Å²) in [5.74, 6) is -0.255. The van der Waals surface area contributed by atoms with Crippen molar-refractivity contribution in [3.63, 3.8) is 0 Å². The van der Waals surface area contributed by atoms with Crippen molar-refractivity contribution in [1.82, 2.24) is 14.5 Å². The number of nitrogens with zero attached hydrogens (tertiary/aromatic N) is 3. The van der Waals surface area contributed by atoms with Crippen molar-refractivity contribution < 1.29 is 4.39 Å². The van der Waals surface area contributed by atoms with E-state index < -0.39 is 0 Å². The molecule has 32 heavy (non-hydrogen) atoms. The molecule has 1 aliphatic carbocycles. The molecule has 160 valence electrons. The maximum absolute atomic E-state index is 13.6. The normalized spacial score (nSPS) is 14.0. The Hall–Kier alpha value is -2.89. The fourth-order valence-corrected chi connectivity index (χ4v) is 4.92. The molecule has 4 aromatic rings. The molecule has 0 aliphatic heterocycles. The zero-order valence-electron chi connectivity index (χ0n) is 17.5. The largest absolute Gasteiger partial charge is 0.315 e. The van der Waals surface area contributed by atoms with Crippen LogP contribution < -0.4 is 0 Å². The molecule has 2 aromatic carbocycles. The van der Waals surface area contributed by atoms with E-state index in [1.807, 2.05) is 43.3 Å². The van der Waals surface area contributed by atoms with E-state index in [4.69, 9.17) is 16.6 Å². The number of hydrogen-bond acceptors (Lipinski definition) is 3. The molecule has 0 radical (unpaired) electrons. The monoisotopic (exact) mass is 461 g/mol. The molecule has 6 heteroatoms. The standard InChI is InChI=1S/C26H21ClFN3S/c1-2-23(17-3-7-20(27)8-4-17)32-26-30-24(18-5-9-21(28)10-6-18)25(31(26)22-11-12-22)19-13-15-29-16-14-19/h2-10,13-16,22H,11-12H2,1H3/b23-2+. The first-order valence-electron chi connectivity index (χ1n) is 10.5. The molecule has 0 unspecified atom stereocenters. The number of benzene rings is 2. The van der Waals surface area contributed by atoms with Crippen molar-refractivity contribution in [2.75, 3.05) is 0 Å². The molecule has 0 bridgehead atoms. The molecule has 1 fully saturated rings. The maximum Gasteiger partial charge on any atom is 0.174 e. The molecule has 0 amide bonds. The fourth-order valence-electron chi connectivity index (χ4n) is 3.75. The van der Waals surface area contributed by atoms with Crippen LogP contribution in [0.3, 0.4) is 0 Å². The molecule has 2 aromatic heterocycles. The Bertz CT molecular complexity index is 1260. The van der Waals surface area contributed by atoms with Gasteiger partial charge >= 0.3 is 0 Å². The number of aromatic nitrogens is 3. The van der Waals surface area contributed by atoms with Gasteiger partial charge in [0.15, 0.2) is 5.16 Å². The van der Waals surface area contributed by atoms with Crippen molar-refractivity contribution in [2.24, 2.45) is 0 Å². The van der Waals surface area contributed by atoms with Crippen molar-refractivity contribution in [2.45, 2.75) is 31.0 Å². The zero-order chi connectivity index (χ0) is 22.1. The Morgan fingerprint density at radius 3 is 2.31 bits per heavy atom. The second-order valence-corrected chi connectivity index (χ2v) is 9.14. The van der Waals surface area contributed by atoms with E-state index >= 15 is 0 Å². The van der Waals surface area contributed by atoms with E-state index in [-0.39, 0.29) is 5.82 Å². The highest BCUT2D eigenvalue weighted by Crippen LogP contribution is 2.47. The number of allylic oxidation sites excluding steroid dienone is 1. The minimum atomic E-state index is -0.255. The van der Waals surface area contributed by atoms with E-state index in [0.29, 0.717) is 11.1 Å². The Morgan fingerprint density at radius 2 is 1.69 bits per heavy atom. The lowest BCUT2D eigenvalue weighted by Crippen LogP contribution is -2.00. The van der Waals surface area contributed by atoms with E-state index in [1.165, 1.54) is 12.1 Å². The summed E-state index contributed by atoms with van der Waals surface area (Å²) in [6.45, 7) is 2.03. The van der Waals surface area contributed by atoms with Gasteiger partial charge in [-0.05, 0) is 73.9 Å². The molecule has 1 aliphatic rings. The molecule has 0 atom stereocenters. The molecule has 0 saturated heterocycles. The van der Waals surface area contributed by atoms with Crippen LogP contribution in [-0.4, -0.2) is 14.5 Å². The lowest BCUT2D eigenvalue weighted by Gasteiger charge is -2.13. The first kappa shape index (κ1) is 21.0. The van der Waals surface area contributed by atoms with E-state index in [2.05, 4.69) is 15.6 Å². The van der Waals surface area contributed by atoms with E-state index in [9.17, 15) is 4.39 Å².